The Morgan fingerprint density at radius 3 is 3.00 bits per heavy atom. The molecule has 0 spiro atoms. The van der Waals surface area contributed by atoms with Gasteiger partial charge in [-0.15, -0.1) is 0 Å². The highest BCUT2D eigenvalue weighted by molar-refractivity contribution is 9.10. The second-order valence-corrected chi connectivity index (χ2v) is 7.13. The molecule has 7 heteroatoms. The van der Waals surface area contributed by atoms with Gasteiger partial charge in [-0.25, -0.2) is 13.4 Å². The second-order valence-electron chi connectivity index (χ2n) is 4.36. The predicted molar refractivity (Wildman–Crippen MR) is 73.6 cm³/mol. The van der Waals surface area contributed by atoms with Crippen molar-refractivity contribution in [2.45, 2.75) is 37.1 Å². The Labute approximate surface area is 116 Å². The first-order valence-corrected chi connectivity index (χ1v) is 8.13. The lowest BCUT2D eigenvalue weighted by Crippen LogP contribution is -2.35. The molecule has 0 amide bonds. The molecule has 0 aliphatic carbocycles. The van der Waals surface area contributed by atoms with Crippen LogP contribution in [0, 0.1) is 0 Å². The number of nitrogens with zero attached hydrogens (tertiary/aromatic N) is 2. The van der Waals surface area contributed by atoms with E-state index in [0.29, 0.717) is 11.0 Å². The van der Waals surface area contributed by atoms with Gasteiger partial charge in [-0.05, 0) is 41.3 Å². The van der Waals surface area contributed by atoms with Crippen molar-refractivity contribution in [1.29, 1.82) is 0 Å². The van der Waals surface area contributed by atoms with Crippen LogP contribution in [0.25, 0.3) is 0 Å². The van der Waals surface area contributed by atoms with E-state index in [1.54, 1.807) is 4.31 Å². The molecule has 0 saturated carbocycles. The van der Waals surface area contributed by atoms with Crippen molar-refractivity contribution in [2.75, 3.05) is 12.3 Å². The Hall–Kier alpha value is -0.660. The van der Waals surface area contributed by atoms with Gasteiger partial charge in [-0.1, -0.05) is 6.92 Å². The summed E-state index contributed by atoms with van der Waals surface area (Å²) >= 11 is 3.23. The van der Waals surface area contributed by atoms with Gasteiger partial charge in [-0.3, -0.25) is 0 Å². The topological polar surface area (TPSA) is 76.3 Å². The maximum Gasteiger partial charge on any atom is 0.247 e. The molecule has 18 heavy (non-hydrogen) atoms. The second kappa shape index (κ2) is 5.14. The van der Waals surface area contributed by atoms with Crippen molar-refractivity contribution in [2.24, 2.45) is 0 Å². The van der Waals surface area contributed by atoms with Crippen molar-refractivity contribution < 1.29 is 8.42 Å². The summed E-state index contributed by atoms with van der Waals surface area (Å²) in [6.45, 7) is 2.56. The van der Waals surface area contributed by atoms with Crippen LogP contribution >= 0.6 is 15.9 Å². The molecule has 1 unspecified atom stereocenters. The van der Waals surface area contributed by atoms with E-state index >= 15 is 0 Å². The van der Waals surface area contributed by atoms with E-state index in [0.717, 1.165) is 19.3 Å². The van der Waals surface area contributed by atoms with E-state index in [2.05, 4.69) is 20.9 Å². The molecule has 2 rings (SSSR count). The molecule has 1 aliphatic rings. The van der Waals surface area contributed by atoms with Crippen molar-refractivity contribution >= 4 is 31.8 Å². The van der Waals surface area contributed by atoms with Gasteiger partial charge in [0.05, 0.1) is 0 Å². The summed E-state index contributed by atoms with van der Waals surface area (Å²) in [5.41, 5.74) is 5.69. The number of sulfonamides is 1. The summed E-state index contributed by atoms with van der Waals surface area (Å²) < 4.78 is 27.3. The van der Waals surface area contributed by atoms with Crippen LogP contribution in [0.3, 0.4) is 0 Å². The Bertz CT molecular complexity index is 547. The number of aromatic nitrogens is 1. The first-order valence-electron chi connectivity index (χ1n) is 5.89. The van der Waals surface area contributed by atoms with E-state index in [9.17, 15) is 8.42 Å². The molecular weight excluding hydrogens is 318 g/mol. The third kappa shape index (κ3) is 2.39. The third-order valence-corrected chi connectivity index (χ3v) is 5.64. The van der Waals surface area contributed by atoms with Crippen LogP contribution in [-0.2, 0) is 10.0 Å². The number of nitrogens with two attached hydrogens (primary N) is 1. The smallest absolute Gasteiger partial charge is 0.247 e. The van der Waals surface area contributed by atoms with E-state index in [1.165, 1.54) is 12.3 Å². The minimum Gasteiger partial charge on any atom is -0.383 e. The molecule has 1 aromatic heterocycles. The fourth-order valence-corrected chi connectivity index (χ4v) is 4.64. The van der Waals surface area contributed by atoms with E-state index < -0.39 is 10.0 Å². The van der Waals surface area contributed by atoms with Crippen molar-refractivity contribution in [3.63, 3.8) is 0 Å². The SMILES string of the molecule is CCC1CCCN1S(=O)(=O)c1cc(Br)cnc1N. The van der Waals surface area contributed by atoms with Gasteiger partial charge >= 0.3 is 0 Å². The third-order valence-electron chi connectivity index (χ3n) is 3.23. The molecule has 0 bridgehead atoms. The zero-order chi connectivity index (χ0) is 13.3. The Morgan fingerprint density at radius 1 is 1.61 bits per heavy atom. The molecular formula is C11H16BrN3O2S. The fraction of sp³-hybridized carbons (Fsp3) is 0.545. The van der Waals surface area contributed by atoms with Crippen LogP contribution in [0.5, 0.6) is 0 Å². The van der Waals surface area contributed by atoms with Crippen LogP contribution in [0.1, 0.15) is 26.2 Å². The maximum absolute atomic E-state index is 12.6. The maximum atomic E-state index is 12.6. The van der Waals surface area contributed by atoms with E-state index in [-0.39, 0.29) is 16.8 Å². The summed E-state index contributed by atoms with van der Waals surface area (Å²) in [4.78, 5) is 3.99. The van der Waals surface area contributed by atoms with Gasteiger partial charge < -0.3 is 5.73 Å². The van der Waals surface area contributed by atoms with Gasteiger partial charge in [0.25, 0.3) is 0 Å². The summed E-state index contributed by atoms with van der Waals surface area (Å²) in [5.74, 6) is 0.0555. The number of hydrogen-bond donors (Lipinski definition) is 1. The number of hydrogen-bond acceptors (Lipinski definition) is 4. The Kier molecular flexibility index (Phi) is 3.93. The van der Waals surface area contributed by atoms with Gasteiger partial charge in [0.2, 0.25) is 10.0 Å². The lowest BCUT2D eigenvalue weighted by atomic mass is 10.2. The summed E-state index contributed by atoms with van der Waals surface area (Å²) in [7, 11) is -3.54. The number of pyridine rings is 1. The fourth-order valence-electron chi connectivity index (χ4n) is 2.30. The molecule has 5 nitrogen and oxygen atoms in total. The molecule has 1 aliphatic heterocycles. The van der Waals surface area contributed by atoms with E-state index in [4.69, 9.17) is 5.73 Å². The predicted octanol–water partition coefficient (Wildman–Crippen LogP) is 1.99. The van der Waals surface area contributed by atoms with Crippen LogP contribution in [0.2, 0.25) is 0 Å². The molecule has 0 aromatic carbocycles. The van der Waals surface area contributed by atoms with Crippen LogP contribution in [0.4, 0.5) is 5.82 Å². The molecule has 2 heterocycles. The zero-order valence-electron chi connectivity index (χ0n) is 10.1. The van der Waals surface area contributed by atoms with E-state index in [1.807, 2.05) is 6.92 Å². The highest BCUT2D eigenvalue weighted by atomic mass is 79.9. The van der Waals surface area contributed by atoms with Crippen LogP contribution in [0.15, 0.2) is 21.6 Å². The quantitative estimate of drug-likeness (QED) is 0.917. The minimum atomic E-state index is -3.54. The molecule has 1 atom stereocenters. The summed E-state index contributed by atoms with van der Waals surface area (Å²) in [6.07, 6.45) is 4.13. The van der Waals surface area contributed by atoms with Crippen molar-refractivity contribution in [1.82, 2.24) is 9.29 Å². The first kappa shape index (κ1) is 13.8. The standard InChI is InChI=1S/C11H16BrN3O2S/c1-2-9-4-3-5-15(9)18(16,17)10-6-8(12)7-14-11(10)13/h6-7,9H,2-5H2,1H3,(H2,13,14). The molecule has 1 fully saturated rings. The summed E-state index contributed by atoms with van der Waals surface area (Å²) in [6, 6.07) is 1.59. The van der Waals surface area contributed by atoms with Crippen LogP contribution in [-0.4, -0.2) is 30.3 Å². The number of rotatable bonds is 3. The Balaban J connectivity index is 2.45. The average molecular weight is 334 g/mol. The van der Waals surface area contributed by atoms with Gasteiger partial charge in [0.1, 0.15) is 10.7 Å². The van der Waals surface area contributed by atoms with Crippen LogP contribution < -0.4 is 5.73 Å². The normalized spacial score (nSPS) is 21.3. The number of anilines is 1. The minimum absolute atomic E-state index is 0.0555. The highest BCUT2D eigenvalue weighted by Crippen LogP contribution is 2.30. The highest BCUT2D eigenvalue weighted by Gasteiger charge is 2.35. The van der Waals surface area contributed by atoms with Gasteiger partial charge in [-0.2, -0.15) is 4.31 Å². The first-order chi connectivity index (χ1) is 8.46. The molecule has 100 valence electrons. The molecule has 2 N–H and O–H groups in total. The largest absolute Gasteiger partial charge is 0.383 e. The number of halogens is 1. The molecule has 1 aromatic rings. The zero-order valence-corrected chi connectivity index (χ0v) is 12.5. The monoisotopic (exact) mass is 333 g/mol. The lowest BCUT2D eigenvalue weighted by molar-refractivity contribution is 0.380. The molecule has 0 radical (unpaired) electrons. The molecule has 1 saturated heterocycles. The van der Waals surface area contributed by atoms with Gasteiger partial charge in [0, 0.05) is 23.3 Å². The average Bonchev–Trinajstić information content (AvgIpc) is 2.81. The lowest BCUT2D eigenvalue weighted by Gasteiger charge is -2.23. The Morgan fingerprint density at radius 2 is 2.33 bits per heavy atom. The summed E-state index contributed by atoms with van der Waals surface area (Å²) in [5, 5.41) is 0. The van der Waals surface area contributed by atoms with Crippen molar-refractivity contribution in [3.05, 3.63) is 16.7 Å². The number of nitrogen functional groups attached to an aromatic ring is 1. The van der Waals surface area contributed by atoms with Crippen molar-refractivity contribution in [3.8, 4) is 0 Å². The van der Waals surface area contributed by atoms with Gasteiger partial charge in [0.15, 0.2) is 0 Å².